The summed E-state index contributed by atoms with van der Waals surface area (Å²) in [5, 5.41) is 93.5. The fourth-order valence-electron chi connectivity index (χ4n) is 4.31. The highest BCUT2D eigenvalue weighted by Crippen LogP contribution is 2.36. The number of ether oxygens (including phenoxy) is 4. The van der Waals surface area contributed by atoms with Crippen LogP contribution >= 0.6 is 141 Å². The van der Waals surface area contributed by atoms with E-state index in [9.17, 15) is 65.9 Å². The topological polar surface area (TPSA) is 280 Å². The molecule has 0 saturated carbocycles. The molecule has 1 unspecified atom stereocenters. The zero-order valence-corrected chi connectivity index (χ0v) is 57.1. The van der Waals surface area contributed by atoms with Crippen molar-refractivity contribution in [2.45, 2.75) is 41.7 Å². The molecule has 5 aromatic carbocycles. The van der Waals surface area contributed by atoms with Crippen LogP contribution in [-0.2, 0) is 0 Å². The second-order valence-electron chi connectivity index (χ2n) is 14.9. The molecule has 0 fully saturated rings. The van der Waals surface area contributed by atoms with Crippen LogP contribution in [0.15, 0.2) is 108 Å². The summed E-state index contributed by atoms with van der Waals surface area (Å²) in [5.74, 6) is -9.02. The minimum atomic E-state index is -4.35. The molecule has 0 spiro atoms. The van der Waals surface area contributed by atoms with Crippen LogP contribution < -0.4 is 18.9 Å². The molecule has 0 aromatic heterocycles. The van der Waals surface area contributed by atoms with E-state index in [0.717, 1.165) is 53.1 Å². The van der Waals surface area contributed by atoms with E-state index < -0.39 is 113 Å². The molecule has 0 bridgehead atoms. The predicted molar refractivity (Wildman–Crippen MR) is 321 cm³/mol. The van der Waals surface area contributed by atoms with Gasteiger partial charge in [-0.3, -0.25) is 0 Å². The minimum Gasteiger partial charge on any atom is -0.505 e. The van der Waals surface area contributed by atoms with E-state index in [4.69, 9.17) is 56.9 Å². The Kier molecular flexibility index (Phi) is 38.9. The third-order valence-electron chi connectivity index (χ3n) is 8.53. The maximum absolute atomic E-state index is 13.5. The van der Waals surface area contributed by atoms with Gasteiger partial charge in [0.25, 0.3) is 6.29 Å². The van der Waals surface area contributed by atoms with Gasteiger partial charge in [-0.1, -0.05) is 35.7 Å². The van der Waals surface area contributed by atoms with E-state index >= 15 is 0 Å². The van der Waals surface area contributed by atoms with Crippen LogP contribution in [-0.4, -0.2) is 100 Å². The van der Waals surface area contributed by atoms with Gasteiger partial charge in [-0.2, -0.15) is 70.2 Å². The lowest BCUT2D eigenvalue weighted by atomic mass is 10.2. The van der Waals surface area contributed by atoms with Gasteiger partial charge in [0.2, 0.25) is 0 Å². The first-order valence-corrected chi connectivity index (χ1v) is 29.1. The van der Waals surface area contributed by atoms with Crippen molar-refractivity contribution in [2.75, 3.05) is 24.8 Å². The zero-order valence-electron chi connectivity index (χ0n) is 43.3. The van der Waals surface area contributed by atoms with Crippen molar-refractivity contribution in [1.82, 2.24) is 3.11 Å². The molecule has 0 aliphatic carbocycles. The summed E-state index contributed by atoms with van der Waals surface area (Å²) < 4.78 is 209. The molecule has 5 rings (SSSR count). The number of phenolic OH excluding ortho intramolecular Hbond substituents is 1. The lowest BCUT2D eigenvalue weighted by molar-refractivity contribution is -0.302. The lowest BCUT2D eigenvalue weighted by Crippen LogP contribution is -2.41. The molecular formula is C50H33Br6F15I2N6O10. The van der Waals surface area contributed by atoms with Gasteiger partial charge in [0.15, 0.2) is 63.9 Å². The molecule has 16 nitrogen and oxygen atoms in total. The Bertz CT molecular complexity index is 3430. The standard InChI is InChI=1S/C10H7BrF3NO3.C10H5BrF3NO.C9H5BrF3NO3.C9H5BrF3NO2.C7H3BrFNO.C3H3BrF2.C2H5I2N/c11-8-5(3-15)1-2-6(9(8)12)18-10(13,14)7(17)4-16;1-2-10(13,14)16-7-4-3-6(5-15)8(11)9(7)12;10-6-4(3-14)1-2-5(7(6)11)17-9(12,13)8(15)16;10-7-5(3-14)1-2-6(8(7)11)16-9(12,13)4-15;8-6-4(3-10)1-2-5(11)7(6)9;1-2-3(4,5)6;1-5(4)2-3/h1-2,7,16-17H,4H2;2-4H,1H2;1-2,8,15-16H;1-2,15H,4H2;1-2,11H;2H,1H2;2H2,1H3. The second-order valence-corrected chi connectivity index (χ2v) is 22.3. The van der Waals surface area contributed by atoms with E-state index in [0.29, 0.717) is 6.08 Å². The number of rotatable bonds is 15. The van der Waals surface area contributed by atoms with Gasteiger partial charge in [0.05, 0.1) is 61.3 Å². The lowest BCUT2D eigenvalue weighted by Gasteiger charge is -2.22. The largest absolute Gasteiger partial charge is 0.505 e. The maximum atomic E-state index is 13.5. The van der Waals surface area contributed by atoms with Gasteiger partial charge in [-0.05, 0) is 169 Å². The number of alkyl halides is 12. The first kappa shape index (κ1) is 86.1. The monoisotopic (exact) mass is 1890 g/mol. The molecule has 484 valence electrons. The van der Waals surface area contributed by atoms with E-state index in [1.807, 2.05) is 23.0 Å². The average Bonchev–Trinajstić information content (AvgIpc) is 2.91. The van der Waals surface area contributed by atoms with Crippen molar-refractivity contribution in [3.63, 3.8) is 0 Å². The van der Waals surface area contributed by atoms with Crippen molar-refractivity contribution < 1.29 is 115 Å². The Morgan fingerprint density at radius 1 is 0.528 bits per heavy atom. The molecule has 89 heavy (non-hydrogen) atoms. The molecule has 0 amide bonds. The highest BCUT2D eigenvalue weighted by atomic mass is 127. The molecule has 0 heterocycles. The first-order valence-electron chi connectivity index (χ1n) is 21.8. The summed E-state index contributed by atoms with van der Waals surface area (Å²) >= 11 is 20.3. The molecule has 0 aliphatic heterocycles. The highest BCUT2D eigenvalue weighted by Gasteiger charge is 2.43. The number of phenols is 1. The summed E-state index contributed by atoms with van der Waals surface area (Å²) in [6, 6.07) is 18.7. The van der Waals surface area contributed by atoms with E-state index in [1.165, 1.54) is 12.1 Å². The molecule has 5 aromatic rings. The smallest absolute Gasteiger partial charge is 0.450 e. The van der Waals surface area contributed by atoms with Gasteiger partial charge in [-0.25, -0.2) is 25.1 Å². The Labute approximate surface area is 571 Å². The highest BCUT2D eigenvalue weighted by molar-refractivity contribution is 14.1. The van der Waals surface area contributed by atoms with E-state index in [2.05, 4.69) is 160 Å². The summed E-state index contributed by atoms with van der Waals surface area (Å²) in [7, 11) is 2.03. The first-order chi connectivity index (χ1) is 40.9. The Morgan fingerprint density at radius 3 is 1.04 bits per heavy atom. The molecule has 0 saturated heterocycles. The normalized spacial score (nSPS) is 11.1. The van der Waals surface area contributed by atoms with Gasteiger partial charge < -0.3 is 49.6 Å². The summed E-state index contributed by atoms with van der Waals surface area (Å²) in [4.78, 5) is -2.88. The predicted octanol–water partition coefficient (Wildman–Crippen LogP) is 15.6. The Hall–Kier alpha value is -4.92. The second kappa shape index (κ2) is 40.1. The van der Waals surface area contributed by atoms with Gasteiger partial charge in [0, 0.05) is 28.9 Å². The van der Waals surface area contributed by atoms with Crippen LogP contribution in [0.5, 0.6) is 28.7 Å². The van der Waals surface area contributed by atoms with Crippen LogP contribution in [0.3, 0.4) is 0 Å². The third-order valence-corrected chi connectivity index (χ3v) is 15.4. The van der Waals surface area contributed by atoms with Crippen molar-refractivity contribution >= 4 is 141 Å². The maximum Gasteiger partial charge on any atom is 0.450 e. The van der Waals surface area contributed by atoms with Crippen molar-refractivity contribution in [1.29, 1.82) is 26.3 Å². The van der Waals surface area contributed by atoms with Crippen molar-refractivity contribution in [3.8, 4) is 59.1 Å². The van der Waals surface area contributed by atoms with Crippen molar-refractivity contribution in [3.05, 3.63) is 165 Å². The number of aliphatic hydroxyl groups is 5. The Balaban J connectivity index is 0. The van der Waals surface area contributed by atoms with Crippen LogP contribution in [0.25, 0.3) is 0 Å². The minimum absolute atomic E-state index is 0.000000000000000222. The quantitative estimate of drug-likeness (QED) is 0.0108. The Morgan fingerprint density at radius 2 is 0.798 bits per heavy atom. The zero-order chi connectivity index (χ0) is 69.7. The molecule has 39 heteroatoms. The number of benzene rings is 5. The van der Waals surface area contributed by atoms with Crippen LogP contribution in [0, 0.1) is 85.7 Å². The summed E-state index contributed by atoms with van der Waals surface area (Å²) in [6.07, 6.45) is -20.8. The number of aliphatic hydroxyl groups excluding tert-OH is 4. The van der Waals surface area contributed by atoms with Crippen molar-refractivity contribution in [2.24, 2.45) is 0 Å². The number of aromatic hydroxyl groups is 1. The van der Waals surface area contributed by atoms with Gasteiger partial charge in [-0.15, -0.1) is 0 Å². The number of nitrogens with zero attached hydrogens (tertiary/aromatic N) is 6. The molecule has 0 aliphatic rings. The summed E-state index contributed by atoms with van der Waals surface area (Å²) in [6.45, 7) is 2.88. The molecule has 0 radical (unpaired) electrons. The van der Waals surface area contributed by atoms with E-state index in [-0.39, 0.29) is 56.3 Å². The van der Waals surface area contributed by atoms with Crippen LogP contribution in [0.1, 0.15) is 27.8 Å². The fraction of sp³-hybridized carbons (Fsp3) is 0.220. The number of hydrogen-bond acceptors (Lipinski definition) is 16. The van der Waals surface area contributed by atoms with Gasteiger partial charge >= 0.3 is 29.3 Å². The number of halogens is 23. The fourth-order valence-corrected chi connectivity index (χ4v) is 6.40. The molecule has 6 N–H and O–H groups in total. The number of hydrogen-bond donors (Lipinski definition) is 6. The summed E-state index contributed by atoms with van der Waals surface area (Å²) in [5.41, 5.74) is -0.0854. The molecular weight excluding hydrogens is 1860 g/mol. The number of nitriles is 5. The third kappa shape index (κ3) is 29.9. The van der Waals surface area contributed by atoms with Gasteiger partial charge in [0.1, 0.15) is 37.0 Å². The van der Waals surface area contributed by atoms with Crippen LogP contribution in [0.4, 0.5) is 65.9 Å². The SMILES string of the molecule is C=CC(F)(F)Br.C=CC(F)(F)Oc1ccc(C#N)c(Br)c1F.CN(I)CI.N#Cc1ccc(O)c(F)c1Br.N#Cc1ccc(OC(F)(F)C(O)CO)c(F)c1Br.N#Cc1ccc(OC(F)(F)C(O)O)c(F)c1Br.N#Cc1ccc(OC(F)(F)CO)c(F)c1Br. The number of allylic oxidation sites excluding steroid dienone is 1. The molecule has 1 atom stereocenters. The average molecular weight is 1900 g/mol. The van der Waals surface area contributed by atoms with E-state index in [1.54, 1.807) is 30.3 Å². The van der Waals surface area contributed by atoms with Crippen LogP contribution in [0.2, 0.25) is 0 Å².